The van der Waals surface area contributed by atoms with Gasteiger partial charge in [-0.15, -0.1) is 0 Å². The number of nitriles is 1. The Bertz CT molecular complexity index is 1630. The maximum atomic E-state index is 12.7. The molecule has 2 aromatic carbocycles. The summed E-state index contributed by atoms with van der Waals surface area (Å²) in [5.74, 6) is 1.61. The molecule has 0 aliphatic heterocycles. The summed E-state index contributed by atoms with van der Waals surface area (Å²) in [4.78, 5) is 4.12. The van der Waals surface area contributed by atoms with Gasteiger partial charge in [0.25, 0.3) is 0 Å². The van der Waals surface area contributed by atoms with E-state index in [0.29, 0.717) is 50.7 Å². The molecular weight excluding hydrogens is 530 g/mol. The first-order valence-corrected chi connectivity index (χ1v) is 13.6. The van der Waals surface area contributed by atoms with Crippen molar-refractivity contribution in [2.75, 3.05) is 27.6 Å². The molecule has 198 valence electrons. The number of fused-ring (bicyclic) bond motifs is 1. The Morgan fingerprint density at radius 1 is 1.03 bits per heavy atom. The van der Waals surface area contributed by atoms with Crippen LogP contribution in [0.5, 0.6) is 17.2 Å². The van der Waals surface area contributed by atoms with Crippen LogP contribution in [0.4, 0.5) is 0 Å². The van der Waals surface area contributed by atoms with Crippen molar-refractivity contribution in [1.29, 1.82) is 5.26 Å². The van der Waals surface area contributed by atoms with E-state index in [4.69, 9.17) is 25.8 Å². The summed E-state index contributed by atoms with van der Waals surface area (Å²) in [6, 6.07) is 14.4. The van der Waals surface area contributed by atoms with Crippen LogP contribution in [0.2, 0.25) is 5.15 Å². The first kappa shape index (κ1) is 27.2. The number of hydrogen-bond acceptors (Lipinski definition) is 8. The fourth-order valence-electron chi connectivity index (χ4n) is 4.10. The number of ether oxygens (including phenoxy) is 3. The van der Waals surface area contributed by atoms with E-state index >= 15 is 0 Å². The van der Waals surface area contributed by atoms with Gasteiger partial charge in [0.05, 0.1) is 51.3 Å². The van der Waals surface area contributed by atoms with Crippen LogP contribution >= 0.6 is 11.6 Å². The van der Waals surface area contributed by atoms with Gasteiger partial charge in [0, 0.05) is 42.4 Å². The van der Waals surface area contributed by atoms with Gasteiger partial charge in [0.2, 0.25) is 10.0 Å². The molecule has 0 spiro atoms. The van der Waals surface area contributed by atoms with Gasteiger partial charge >= 0.3 is 0 Å². The average molecular weight is 556 g/mol. The fraction of sp³-hybridized carbons (Fsp3) is 0.269. The van der Waals surface area contributed by atoms with E-state index in [9.17, 15) is 13.7 Å². The maximum absolute atomic E-state index is 12.7. The van der Waals surface area contributed by atoms with E-state index in [2.05, 4.69) is 16.2 Å². The van der Waals surface area contributed by atoms with Crippen LogP contribution in [0, 0.1) is 11.3 Å². The third kappa shape index (κ3) is 5.67. The van der Waals surface area contributed by atoms with Crippen molar-refractivity contribution in [3.8, 4) is 29.0 Å². The van der Waals surface area contributed by atoms with Crippen LogP contribution in [0.1, 0.15) is 16.8 Å². The number of sulfonamides is 1. The number of halogens is 1. The van der Waals surface area contributed by atoms with Crippen molar-refractivity contribution in [2.24, 2.45) is 0 Å². The number of aromatic nitrogens is 3. The topological polar surface area (TPSA) is 120 Å². The van der Waals surface area contributed by atoms with Crippen LogP contribution in [-0.4, -0.2) is 55.1 Å². The van der Waals surface area contributed by atoms with Crippen molar-refractivity contribution in [2.45, 2.75) is 19.5 Å². The van der Waals surface area contributed by atoms with E-state index in [1.54, 1.807) is 54.4 Å². The summed E-state index contributed by atoms with van der Waals surface area (Å²) in [5, 5.41) is 14.8. The lowest BCUT2D eigenvalue weighted by atomic mass is 10.1. The molecule has 12 heteroatoms. The zero-order valence-corrected chi connectivity index (χ0v) is 22.9. The fourth-order valence-corrected chi connectivity index (χ4v) is 5.01. The predicted octanol–water partition coefficient (Wildman–Crippen LogP) is 4.13. The number of methoxy groups -OCH3 is 3. The van der Waals surface area contributed by atoms with Crippen LogP contribution < -0.4 is 14.2 Å². The Hall–Kier alpha value is -3.85. The van der Waals surface area contributed by atoms with Gasteiger partial charge in [-0.2, -0.15) is 14.7 Å². The maximum Gasteiger partial charge on any atom is 0.211 e. The van der Waals surface area contributed by atoms with Gasteiger partial charge in [-0.25, -0.2) is 18.1 Å². The molecule has 4 rings (SSSR count). The van der Waals surface area contributed by atoms with Gasteiger partial charge in [0.1, 0.15) is 28.1 Å². The minimum absolute atomic E-state index is 0.0972. The molecule has 0 saturated heterocycles. The molecule has 0 amide bonds. The molecular formula is C26H26ClN5O5S. The first-order chi connectivity index (χ1) is 18.2. The second-order valence-corrected chi connectivity index (χ2v) is 10.8. The second kappa shape index (κ2) is 11.3. The number of pyridine rings is 1. The molecule has 2 aromatic heterocycles. The van der Waals surface area contributed by atoms with Crippen LogP contribution in [0.3, 0.4) is 0 Å². The summed E-state index contributed by atoms with van der Waals surface area (Å²) in [6.07, 6.45) is 2.86. The molecule has 0 aliphatic carbocycles. The Balaban J connectivity index is 1.71. The lowest BCUT2D eigenvalue weighted by Gasteiger charge is -2.22. The number of rotatable bonds is 10. The van der Waals surface area contributed by atoms with Gasteiger partial charge in [0.15, 0.2) is 0 Å². The molecule has 0 radical (unpaired) electrons. The largest absolute Gasteiger partial charge is 0.497 e. The summed E-state index contributed by atoms with van der Waals surface area (Å²) in [6.45, 7) is 0.197. The summed E-state index contributed by atoms with van der Waals surface area (Å²) in [5.41, 5.74) is 3.24. The van der Waals surface area contributed by atoms with Crippen molar-refractivity contribution < 1.29 is 22.6 Å². The quantitative estimate of drug-likeness (QED) is 0.268. The van der Waals surface area contributed by atoms with Crippen molar-refractivity contribution in [3.63, 3.8) is 0 Å². The molecule has 0 saturated carbocycles. The number of nitrogens with zero attached hydrogens (tertiary/aromatic N) is 5. The third-order valence-corrected chi connectivity index (χ3v) is 7.40. The van der Waals surface area contributed by atoms with E-state index in [0.717, 1.165) is 0 Å². The highest BCUT2D eigenvalue weighted by molar-refractivity contribution is 7.88. The molecule has 0 atom stereocenters. The van der Waals surface area contributed by atoms with Crippen LogP contribution in [0.15, 0.2) is 48.7 Å². The molecule has 4 aromatic rings. The number of benzene rings is 2. The third-order valence-electron chi connectivity index (χ3n) is 6.00. The lowest BCUT2D eigenvalue weighted by molar-refractivity contribution is 0.370. The standard InChI is InChI=1S/C26H26ClN5O5S/c1-35-19-7-6-18(24(12-19)36-2)16-31(38(4,33)34)15-17-5-8-22(25(11-17)37-3)32-23-13-26(27)29-14-20(23)21(30-32)9-10-28/h5-8,11-14H,9,15-16H2,1-4H3. The Kier molecular flexibility index (Phi) is 8.06. The van der Waals surface area contributed by atoms with Crippen LogP contribution in [0.25, 0.3) is 16.6 Å². The second-order valence-electron chi connectivity index (χ2n) is 8.43. The first-order valence-electron chi connectivity index (χ1n) is 11.4. The summed E-state index contributed by atoms with van der Waals surface area (Å²) >= 11 is 6.14. The Morgan fingerprint density at radius 2 is 1.79 bits per heavy atom. The monoisotopic (exact) mass is 555 g/mol. The lowest BCUT2D eigenvalue weighted by Crippen LogP contribution is -2.29. The highest BCUT2D eigenvalue weighted by atomic mass is 35.5. The molecule has 0 fully saturated rings. The van der Waals surface area contributed by atoms with Crippen LogP contribution in [-0.2, 0) is 29.5 Å². The van der Waals surface area contributed by atoms with E-state index < -0.39 is 10.0 Å². The Labute approximate surface area is 226 Å². The number of hydrogen-bond donors (Lipinski definition) is 0. The molecule has 0 unspecified atom stereocenters. The van der Waals surface area contributed by atoms with Crippen molar-refractivity contribution in [1.82, 2.24) is 19.1 Å². The predicted molar refractivity (Wildman–Crippen MR) is 143 cm³/mol. The summed E-state index contributed by atoms with van der Waals surface area (Å²) < 4.78 is 44.8. The highest BCUT2D eigenvalue weighted by Crippen LogP contribution is 2.31. The molecule has 2 heterocycles. The van der Waals surface area contributed by atoms with E-state index in [1.165, 1.54) is 24.8 Å². The summed E-state index contributed by atoms with van der Waals surface area (Å²) in [7, 11) is 1.02. The van der Waals surface area contributed by atoms with Gasteiger partial charge in [-0.1, -0.05) is 23.7 Å². The zero-order chi connectivity index (χ0) is 27.4. The van der Waals surface area contributed by atoms with Gasteiger partial charge in [-0.05, 0) is 23.8 Å². The molecule has 38 heavy (non-hydrogen) atoms. The van der Waals surface area contributed by atoms with Crippen molar-refractivity contribution >= 4 is 32.5 Å². The minimum Gasteiger partial charge on any atom is -0.497 e. The zero-order valence-electron chi connectivity index (χ0n) is 21.3. The van der Waals surface area contributed by atoms with Gasteiger partial charge in [-0.3, -0.25) is 0 Å². The van der Waals surface area contributed by atoms with Crippen molar-refractivity contribution in [3.05, 3.63) is 70.6 Å². The van der Waals surface area contributed by atoms with E-state index in [1.807, 2.05) is 6.07 Å². The minimum atomic E-state index is -3.58. The molecule has 0 bridgehead atoms. The van der Waals surface area contributed by atoms with Gasteiger partial charge < -0.3 is 14.2 Å². The SMILES string of the molecule is COc1ccc(CN(Cc2ccc(-n3nc(CC#N)c4cnc(Cl)cc43)c(OC)c2)S(C)(=O)=O)c(OC)c1. The highest BCUT2D eigenvalue weighted by Gasteiger charge is 2.22. The Morgan fingerprint density at radius 3 is 2.45 bits per heavy atom. The molecule has 10 nitrogen and oxygen atoms in total. The molecule has 0 N–H and O–H groups in total. The van der Waals surface area contributed by atoms with E-state index in [-0.39, 0.29) is 24.7 Å². The normalized spacial score (nSPS) is 11.5. The average Bonchev–Trinajstić information content (AvgIpc) is 3.25. The smallest absolute Gasteiger partial charge is 0.211 e. The molecule has 0 aliphatic rings.